The summed E-state index contributed by atoms with van der Waals surface area (Å²) in [5.41, 5.74) is 5.71. The van der Waals surface area contributed by atoms with Crippen LogP contribution in [-0.2, 0) is 13.2 Å². The summed E-state index contributed by atoms with van der Waals surface area (Å²) in [6, 6.07) is 18.4. The summed E-state index contributed by atoms with van der Waals surface area (Å²) in [6.07, 6.45) is 0. The molecule has 0 bridgehead atoms. The van der Waals surface area contributed by atoms with E-state index in [9.17, 15) is 4.79 Å². The van der Waals surface area contributed by atoms with E-state index in [2.05, 4.69) is 10.4 Å². The average molecular weight is 529 g/mol. The number of hydrogen-bond donors (Lipinski definition) is 1. The van der Waals surface area contributed by atoms with Gasteiger partial charge in [0.25, 0.3) is 5.91 Å². The molecule has 0 saturated carbocycles. The van der Waals surface area contributed by atoms with E-state index in [0.717, 1.165) is 33.8 Å². The number of benzene rings is 3. The van der Waals surface area contributed by atoms with Crippen LogP contribution >= 0.6 is 34.8 Å². The topological polar surface area (TPSA) is 56.1 Å². The smallest absolute Gasteiger partial charge is 0.255 e. The number of carbonyl (C=O) groups excluding carboxylic acids is 1. The normalized spacial score (nSPS) is 10.9. The highest BCUT2D eigenvalue weighted by Gasteiger charge is 2.16. The number of carbonyl (C=O) groups is 1. The third-order valence-corrected chi connectivity index (χ3v) is 6.85. The minimum Gasteiger partial charge on any atom is -0.489 e. The van der Waals surface area contributed by atoms with Gasteiger partial charge in [-0.2, -0.15) is 5.10 Å². The summed E-state index contributed by atoms with van der Waals surface area (Å²) in [5.74, 6) is 0.545. The number of amides is 1. The minimum atomic E-state index is -0.203. The number of aryl methyl sites for hydroxylation is 2. The fourth-order valence-corrected chi connectivity index (χ4v) is 4.09. The van der Waals surface area contributed by atoms with E-state index in [1.54, 1.807) is 18.2 Å². The van der Waals surface area contributed by atoms with Crippen molar-refractivity contribution in [2.24, 2.45) is 0 Å². The quantitative estimate of drug-likeness (QED) is 0.268. The minimum absolute atomic E-state index is 0.203. The summed E-state index contributed by atoms with van der Waals surface area (Å²) >= 11 is 18.2. The number of hydrogen-bond acceptors (Lipinski definition) is 3. The van der Waals surface area contributed by atoms with Crippen molar-refractivity contribution < 1.29 is 9.53 Å². The molecular weight excluding hydrogens is 505 g/mol. The molecule has 0 unspecified atom stereocenters. The second kappa shape index (κ2) is 10.7. The predicted molar refractivity (Wildman–Crippen MR) is 142 cm³/mol. The molecule has 180 valence electrons. The first-order chi connectivity index (χ1) is 16.7. The van der Waals surface area contributed by atoms with Crippen molar-refractivity contribution in [2.45, 2.75) is 33.9 Å². The molecule has 8 heteroatoms. The molecule has 0 aliphatic heterocycles. The van der Waals surface area contributed by atoms with Gasteiger partial charge >= 0.3 is 0 Å². The van der Waals surface area contributed by atoms with Crippen LogP contribution in [0.3, 0.4) is 0 Å². The average Bonchev–Trinajstić information content (AvgIpc) is 3.09. The largest absolute Gasteiger partial charge is 0.489 e. The molecular formula is C27H24Cl3N3O2. The molecule has 1 N–H and O–H groups in total. The zero-order valence-corrected chi connectivity index (χ0v) is 21.8. The van der Waals surface area contributed by atoms with Crippen LogP contribution in [0.2, 0.25) is 15.1 Å². The first-order valence-corrected chi connectivity index (χ1v) is 12.1. The lowest BCUT2D eigenvalue weighted by atomic mass is 10.1. The molecule has 4 aromatic rings. The zero-order chi connectivity index (χ0) is 25.1. The molecule has 0 saturated heterocycles. The lowest BCUT2D eigenvalue weighted by Crippen LogP contribution is -2.13. The van der Waals surface area contributed by atoms with Crippen LogP contribution in [0.25, 0.3) is 0 Å². The van der Waals surface area contributed by atoms with Gasteiger partial charge in [0.2, 0.25) is 0 Å². The second-order valence-corrected chi connectivity index (χ2v) is 9.52. The maximum absolute atomic E-state index is 12.9. The maximum atomic E-state index is 12.9. The Balaban J connectivity index is 1.41. The van der Waals surface area contributed by atoms with Crippen molar-refractivity contribution >= 4 is 46.4 Å². The van der Waals surface area contributed by atoms with Gasteiger partial charge < -0.3 is 10.1 Å². The van der Waals surface area contributed by atoms with E-state index in [1.165, 1.54) is 0 Å². The van der Waals surface area contributed by atoms with Crippen molar-refractivity contribution in [3.8, 4) is 5.75 Å². The van der Waals surface area contributed by atoms with Crippen molar-refractivity contribution in [1.82, 2.24) is 9.78 Å². The Morgan fingerprint density at radius 2 is 1.57 bits per heavy atom. The number of nitrogens with zero attached hydrogens (tertiary/aromatic N) is 2. The Labute approximate surface area is 219 Å². The van der Waals surface area contributed by atoms with E-state index < -0.39 is 0 Å². The number of halogens is 3. The number of aromatic nitrogens is 2. The first kappa shape index (κ1) is 25.1. The van der Waals surface area contributed by atoms with Gasteiger partial charge in [-0.25, -0.2) is 0 Å². The van der Waals surface area contributed by atoms with Crippen LogP contribution in [0.15, 0.2) is 60.7 Å². The highest BCUT2D eigenvalue weighted by Crippen LogP contribution is 2.26. The molecule has 0 aliphatic rings. The highest BCUT2D eigenvalue weighted by atomic mass is 35.5. The summed E-state index contributed by atoms with van der Waals surface area (Å²) < 4.78 is 7.67. The summed E-state index contributed by atoms with van der Waals surface area (Å²) in [6.45, 7) is 6.63. The van der Waals surface area contributed by atoms with Crippen LogP contribution in [0.1, 0.15) is 38.4 Å². The molecule has 1 amide bonds. The highest BCUT2D eigenvalue weighted by molar-refractivity contribution is 6.42. The Kier molecular flexibility index (Phi) is 7.70. The predicted octanol–water partition coefficient (Wildman–Crippen LogP) is 7.65. The number of ether oxygens (including phenoxy) is 1. The zero-order valence-electron chi connectivity index (χ0n) is 19.5. The Morgan fingerprint density at radius 1 is 0.886 bits per heavy atom. The Morgan fingerprint density at radius 3 is 2.26 bits per heavy atom. The number of rotatable bonds is 7. The van der Waals surface area contributed by atoms with Crippen LogP contribution in [0.4, 0.5) is 5.69 Å². The molecule has 0 radical (unpaired) electrons. The summed E-state index contributed by atoms with van der Waals surface area (Å²) in [5, 5.41) is 9.29. The molecule has 35 heavy (non-hydrogen) atoms. The van der Waals surface area contributed by atoms with Crippen molar-refractivity contribution in [3.05, 3.63) is 109 Å². The monoisotopic (exact) mass is 527 g/mol. The van der Waals surface area contributed by atoms with Gasteiger partial charge in [-0.05, 0) is 79.9 Å². The van der Waals surface area contributed by atoms with Gasteiger partial charge in [-0.15, -0.1) is 0 Å². The molecule has 4 rings (SSSR count). The molecule has 0 aliphatic carbocycles. The molecule has 0 atom stereocenters. The molecule has 0 fully saturated rings. The Bertz CT molecular complexity index is 1380. The lowest BCUT2D eigenvalue weighted by Gasteiger charge is -2.10. The van der Waals surface area contributed by atoms with Crippen LogP contribution in [0.5, 0.6) is 5.75 Å². The maximum Gasteiger partial charge on any atom is 0.255 e. The Hall–Kier alpha value is -2.99. The van der Waals surface area contributed by atoms with E-state index in [0.29, 0.717) is 39.5 Å². The van der Waals surface area contributed by atoms with E-state index in [1.807, 2.05) is 67.9 Å². The van der Waals surface area contributed by atoms with Crippen molar-refractivity contribution in [3.63, 3.8) is 0 Å². The molecule has 3 aromatic carbocycles. The van der Waals surface area contributed by atoms with Crippen LogP contribution < -0.4 is 10.1 Å². The van der Waals surface area contributed by atoms with Gasteiger partial charge in [0, 0.05) is 10.6 Å². The molecule has 1 heterocycles. The second-order valence-electron chi connectivity index (χ2n) is 8.30. The molecule has 5 nitrogen and oxygen atoms in total. The van der Waals surface area contributed by atoms with Gasteiger partial charge in [0.15, 0.2) is 0 Å². The summed E-state index contributed by atoms with van der Waals surface area (Å²) in [4.78, 5) is 12.9. The van der Waals surface area contributed by atoms with Gasteiger partial charge in [0.1, 0.15) is 12.4 Å². The van der Waals surface area contributed by atoms with Gasteiger partial charge in [0.05, 0.1) is 33.7 Å². The third-order valence-electron chi connectivity index (χ3n) is 5.69. The summed E-state index contributed by atoms with van der Waals surface area (Å²) in [7, 11) is 0. The van der Waals surface area contributed by atoms with E-state index >= 15 is 0 Å². The van der Waals surface area contributed by atoms with E-state index in [4.69, 9.17) is 39.5 Å². The fourth-order valence-electron chi connectivity index (χ4n) is 3.65. The fraction of sp³-hybridized carbons (Fsp3) is 0.185. The molecule has 0 spiro atoms. The van der Waals surface area contributed by atoms with Crippen molar-refractivity contribution in [1.29, 1.82) is 0 Å². The van der Waals surface area contributed by atoms with E-state index in [-0.39, 0.29) is 5.91 Å². The number of nitrogens with one attached hydrogen (secondary N) is 1. The number of anilines is 1. The standard InChI is InChI=1S/C27H24Cl3N3O2/c1-16-12-22(9-11-23(16)28)35-15-19-4-7-21(8-5-19)27(34)31-26-17(2)32-33(18(26)3)14-20-6-10-24(29)25(30)13-20/h4-13H,14-15H2,1-3H3,(H,31,34). The lowest BCUT2D eigenvalue weighted by molar-refractivity contribution is 0.102. The first-order valence-electron chi connectivity index (χ1n) is 11.0. The van der Waals surface area contributed by atoms with Crippen molar-refractivity contribution in [2.75, 3.05) is 5.32 Å². The van der Waals surface area contributed by atoms with Gasteiger partial charge in [-0.1, -0.05) is 53.0 Å². The van der Waals surface area contributed by atoms with Crippen LogP contribution in [0, 0.1) is 20.8 Å². The van der Waals surface area contributed by atoms with Crippen LogP contribution in [-0.4, -0.2) is 15.7 Å². The SMILES string of the molecule is Cc1cc(OCc2ccc(C(=O)Nc3c(C)nn(Cc4ccc(Cl)c(Cl)c4)c3C)cc2)ccc1Cl. The van der Waals surface area contributed by atoms with Gasteiger partial charge in [-0.3, -0.25) is 9.48 Å². The molecule has 1 aromatic heterocycles. The third kappa shape index (κ3) is 5.99.